The maximum absolute atomic E-state index is 13.2. The second-order valence-electron chi connectivity index (χ2n) is 4.39. The molecule has 1 saturated carbocycles. The molecule has 5 heteroatoms. The van der Waals surface area contributed by atoms with Crippen molar-refractivity contribution in [2.45, 2.75) is 25.8 Å². The van der Waals surface area contributed by atoms with Crippen LogP contribution in [0, 0.1) is 5.82 Å². The average Bonchev–Trinajstić information content (AvgIpc) is 3.16. The van der Waals surface area contributed by atoms with Crippen molar-refractivity contribution in [1.29, 1.82) is 0 Å². The van der Waals surface area contributed by atoms with Gasteiger partial charge >= 0.3 is 0 Å². The minimum absolute atomic E-state index is 0.0513. The SMILES string of the molecule is CCN(C(=O)CNc1ccc(Cl)c(F)c1)C1CC1. The molecular weight excluding hydrogens is 255 g/mol. The minimum atomic E-state index is -0.483. The summed E-state index contributed by atoms with van der Waals surface area (Å²) >= 11 is 5.59. The molecule has 1 aromatic rings. The zero-order valence-corrected chi connectivity index (χ0v) is 11.0. The highest BCUT2D eigenvalue weighted by Gasteiger charge is 2.30. The third-order valence-electron chi connectivity index (χ3n) is 3.01. The lowest BCUT2D eigenvalue weighted by Gasteiger charge is -2.20. The Bertz CT molecular complexity index is 449. The summed E-state index contributed by atoms with van der Waals surface area (Å²) in [6.07, 6.45) is 2.18. The molecule has 0 bridgehead atoms. The molecule has 0 aliphatic heterocycles. The van der Waals surface area contributed by atoms with E-state index in [9.17, 15) is 9.18 Å². The molecule has 0 atom stereocenters. The number of benzene rings is 1. The fourth-order valence-electron chi connectivity index (χ4n) is 1.91. The first-order valence-corrected chi connectivity index (χ1v) is 6.48. The van der Waals surface area contributed by atoms with Crippen LogP contribution in [0.1, 0.15) is 19.8 Å². The summed E-state index contributed by atoms with van der Waals surface area (Å²) in [5.41, 5.74) is 0.567. The van der Waals surface area contributed by atoms with E-state index in [1.54, 1.807) is 6.07 Å². The third-order valence-corrected chi connectivity index (χ3v) is 3.32. The number of likely N-dealkylation sites (N-methyl/N-ethyl adjacent to an activating group) is 1. The van der Waals surface area contributed by atoms with Crippen LogP contribution in [-0.2, 0) is 4.79 Å². The number of nitrogens with zero attached hydrogens (tertiary/aromatic N) is 1. The van der Waals surface area contributed by atoms with E-state index >= 15 is 0 Å². The summed E-state index contributed by atoms with van der Waals surface area (Å²) in [5.74, 6) is -0.431. The second-order valence-corrected chi connectivity index (χ2v) is 4.80. The Kier molecular flexibility index (Phi) is 4.07. The first-order chi connectivity index (χ1) is 8.61. The van der Waals surface area contributed by atoms with E-state index in [2.05, 4.69) is 5.32 Å². The van der Waals surface area contributed by atoms with Crippen molar-refractivity contribution < 1.29 is 9.18 Å². The fraction of sp³-hybridized carbons (Fsp3) is 0.462. The zero-order chi connectivity index (χ0) is 13.1. The number of anilines is 1. The molecule has 2 rings (SSSR count). The molecular formula is C13H16ClFN2O. The normalized spacial score (nSPS) is 14.4. The highest BCUT2D eigenvalue weighted by molar-refractivity contribution is 6.30. The summed E-state index contributed by atoms with van der Waals surface area (Å²) in [5, 5.41) is 3.00. The van der Waals surface area contributed by atoms with Gasteiger partial charge in [-0.25, -0.2) is 4.39 Å². The summed E-state index contributed by atoms with van der Waals surface area (Å²) in [7, 11) is 0. The molecule has 98 valence electrons. The number of nitrogens with one attached hydrogen (secondary N) is 1. The lowest BCUT2D eigenvalue weighted by atomic mass is 10.3. The lowest BCUT2D eigenvalue weighted by Crippen LogP contribution is -2.37. The van der Waals surface area contributed by atoms with Crippen molar-refractivity contribution in [2.75, 3.05) is 18.4 Å². The van der Waals surface area contributed by atoms with Gasteiger partial charge in [-0.1, -0.05) is 11.6 Å². The Morgan fingerprint density at radius 1 is 1.56 bits per heavy atom. The minimum Gasteiger partial charge on any atom is -0.376 e. The molecule has 1 N–H and O–H groups in total. The predicted molar refractivity (Wildman–Crippen MR) is 70.3 cm³/mol. The van der Waals surface area contributed by atoms with E-state index in [1.807, 2.05) is 11.8 Å². The van der Waals surface area contributed by atoms with E-state index in [1.165, 1.54) is 12.1 Å². The van der Waals surface area contributed by atoms with Gasteiger partial charge in [0.1, 0.15) is 5.82 Å². The van der Waals surface area contributed by atoms with Crippen LogP contribution in [0.3, 0.4) is 0 Å². The van der Waals surface area contributed by atoms with Crippen LogP contribution in [0.4, 0.5) is 10.1 Å². The molecule has 1 aliphatic carbocycles. The number of amides is 1. The smallest absolute Gasteiger partial charge is 0.242 e. The van der Waals surface area contributed by atoms with Gasteiger partial charge in [0.2, 0.25) is 5.91 Å². The first kappa shape index (κ1) is 13.1. The summed E-state index contributed by atoms with van der Waals surface area (Å²) in [6.45, 7) is 2.88. The average molecular weight is 271 g/mol. The number of carbonyl (C=O) groups excluding carboxylic acids is 1. The van der Waals surface area contributed by atoms with Gasteiger partial charge in [0, 0.05) is 18.3 Å². The zero-order valence-electron chi connectivity index (χ0n) is 10.2. The van der Waals surface area contributed by atoms with E-state index in [-0.39, 0.29) is 17.5 Å². The quantitative estimate of drug-likeness (QED) is 0.892. The van der Waals surface area contributed by atoms with Crippen LogP contribution in [0.5, 0.6) is 0 Å². The fourth-order valence-corrected chi connectivity index (χ4v) is 2.03. The van der Waals surface area contributed by atoms with Gasteiger partial charge in [-0.05, 0) is 38.0 Å². The molecule has 1 fully saturated rings. The van der Waals surface area contributed by atoms with E-state index in [0.29, 0.717) is 11.7 Å². The topological polar surface area (TPSA) is 32.3 Å². The molecule has 0 saturated heterocycles. The Balaban J connectivity index is 1.90. The van der Waals surface area contributed by atoms with E-state index < -0.39 is 5.82 Å². The number of rotatable bonds is 5. The first-order valence-electron chi connectivity index (χ1n) is 6.10. The third kappa shape index (κ3) is 3.13. The molecule has 0 heterocycles. The van der Waals surface area contributed by atoms with Crippen molar-refractivity contribution in [2.24, 2.45) is 0 Å². The number of carbonyl (C=O) groups is 1. The van der Waals surface area contributed by atoms with Gasteiger partial charge in [0.25, 0.3) is 0 Å². The number of halogens is 2. The van der Waals surface area contributed by atoms with Gasteiger partial charge in [0.15, 0.2) is 0 Å². The van der Waals surface area contributed by atoms with Crippen LogP contribution in [0.2, 0.25) is 5.02 Å². The molecule has 0 spiro atoms. The van der Waals surface area contributed by atoms with E-state index in [4.69, 9.17) is 11.6 Å². The van der Waals surface area contributed by atoms with Gasteiger partial charge in [-0.15, -0.1) is 0 Å². The van der Waals surface area contributed by atoms with Crippen LogP contribution < -0.4 is 5.32 Å². The Morgan fingerprint density at radius 3 is 2.83 bits per heavy atom. The van der Waals surface area contributed by atoms with Gasteiger partial charge in [-0.3, -0.25) is 4.79 Å². The monoisotopic (exact) mass is 270 g/mol. The molecule has 0 unspecified atom stereocenters. The highest BCUT2D eigenvalue weighted by Crippen LogP contribution is 2.26. The predicted octanol–water partition coefficient (Wildman–Crippen LogP) is 2.90. The Morgan fingerprint density at radius 2 is 2.28 bits per heavy atom. The van der Waals surface area contributed by atoms with Crippen LogP contribution in [-0.4, -0.2) is 29.9 Å². The summed E-state index contributed by atoms with van der Waals surface area (Å²) < 4.78 is 13.2. The maximum Gasteiger partial charge on any atom is 0.242 e. The Labute approximate surface area is 111 Å². The summed E-state index contributed by atoms with van der Waals surface area (Å²) in [6, 6.07) is 4.84. The molecule has 18 heavy (non-hydrogen) atoms. The molecule has 0 aromatic heterocycles. The standard InChI is InChI=1S/C13H16ClFN2O/c1-2-17(10-4-5-10)13(18)8-16-9-3-6-11(14)12(15)7-9/h3,6-7,10,16H,2,4-5,8H2,1H3. The van der Waals surface area contributed by atoms with Crippen molar-refractivity contribution in [3.63, 3.8) is 0 Å². The summed E-state index contributed by atoms with van der Waals surface area (Å²) in [4.78, 5) is 13.8. The molecule has 1 aliphatic rings. The highest BCUT2D eigenvalue weighted by atomic mass is 35.5. The molecule has 1 amide bonds. The van der Waals surface area contributed by atoms with Crippen molar-refractivity contribution >= 4 is 23.2 Å². The second kappa shape index (κ2) is 5.57. The Hall–Kier alpha value is -1.29. The van der Waals surface area contributed by atoms with Gasteiger partial charge in [-0.2, -0.15) is 0 Å². The van der Waals surface area contributed by atoms with Crippen molar-refractivity contribution in [1.82, 2.24) is 4.90 Å². The van der Waals surface area contributed by atoms with Gasteiger partial charge in [0.05, 0.1) is 11.6 Å². The number of hydrogen-bond acceptors (Lipinski definition) is 2. The van der Waals surface area contributed by atoms with Gasteiger partial charge < -0.3 is 10.2 Å². The van der Waals surface area contributed by atoms with Crippen LogP contribution >= 0.6 is 11.6 Å². The van der Waals surface area contributed by atoms with Crippen molar-refractivity contribution in [3.05, 3.63) is 29.0 Å². The van der Waals surface area contributed by atoms with E-state index in [0.717, 1.165) is 19.4 Å². The molecule has 3 nitrogen and oxygen atoms in total. The van der Waals surface area contributed by atoms with Crippen molar-refractivity contribution in [3.8, 4) is 0 Å². The largest absolute Gasteiger partial charge is 0.376 e. The molecule has 0 radical (unpaired) electrons. The van der Waals surface area contributed by atoms with Crippen LogP contribution in [0.25, 0.3) is 0 Å². The lowest BCUT2D eigenvalue weighted by molar-refractivity contribution is -0.129. The maximum atomic E-state index is 13.2. The molecule has 1 aromatic carbocycles. The van der Waals surface area contributed by atoms with Crippen LogP contribution in [0.15, 0.2) is 18.2 Å². The number of hydrogen-bond donors (Lipinski definition) is 1.